The van der Waals surface area contributed by atoms with Crippen LogP contribution in [0.2, 0.25) is 0 Å². The molecule has 0 radical (unpaired) electrons. The van der Waals surface area contributed by atoms with E-state index in [0.29, 0.717) is 26.2 Å². The lowest BCUT2D eigenvalue weighted by atomic mass is 10.0. The Kier molecular flexibility index (Phi) is 5.64. The van der Waals surface area contributed by atoms with Gasteiger partial charge in [0.05, 0.1) is 0 Å². The summed E-state index contributed by atoms with van der Waals surface area (Å²) in [5.74, 6) is 0.0635. The average molecular weight is 317 g/mol. The fourth-order valence-electron chi connectivity index (χ4n) is 2.89. The number of amides is 3. The minimum Gasteiger partial charge on any atom is -0.337 e. The summed E-state index contributed by atoms with van der Waals surface area (Å²) in [7, 11) is 0. The van der Waals surface area contributed by atoms with Gasteiger partial charge >= 0.3 is 6.03 Å². The monoisotopic (exact) mass is 317 g/mol. The fraction of sp³-hybridized carbons (Fsp3) is 0.556. The SMILES string of the molecule is Cc1ccc(C(=O)N2CCCN(C(=O)NC(C)C)CC2)c(C)c1. The average Bonchev–Trinajstić information content (AvgIpc) is 2.71. The maximum atomic E-state index is 12.7. The molecular formula is C18H27N3O2. The van der Waals surface area contributed by atoms with Crippen LogP contribution in [0.15, 0.2) is 18.2 Å². The summed E-state index contributed by atoms with van der Waals surface area (Å²) >= 11 is 0. The smallest absolute Gasteiger partial charge is 0.317 e. The molecule has 0 bridgehead atoms. The van der Waals surface area contributed by atoms with E-state index in [1.807, 2.05) is 50.8 Å². The predicted molar refractivity (Wildman–Crippen MR) is 91.7 cm³/mol. The molecule has 1 aliphatic rings. The number of aryl methyl sites for hydroxylation is 2. The van der Waals surface area contributed by atoms with Crippen LogP contribution < -0.4 is 5.32 Å². The number of hydrogen-bond acceptors (Lipinski definition) is 2. The maximum Gasteiger partial charge on any atom is 0.317 e. The molecule has 2 rings (SSSR count). The molecule has 0 spiro atoms. The van der Waals surface area contributed by atoms with Gasteiger partial charge in [-0.2, -0.15) is 0 Å². The maximum absolute atomic E-state index is 12.7. The normalized spacial score (nSPS) is 15.5. The molecule has 0 aliphatic carbocycles. The first-order valence-electron chi connectivity index (χ1n) is 8.30. The molecular weight excluding hydrogens is 290 g/mol. The number of carbonyl (C=O) groups is 2. The second-order valence-electron chi connectivity index (χ2n) is 6.56. The third kappa shape index (κ3) is 4.47. The van der Waals surface area contributed by atoms with E-state index in [4.69, 9.17) is 0 Å². The van der Waals surface area contributed by atoms with Crippen molar-refractivity contribution in [1.29, 1.82) is 0 Å². The van der Waals surface area contributed by atoms with Crippen LogP contribution in [-0.4, -0.2) is 54.0 Å². The van der Waals surface area contributed by atoms with Gasteiger partial charge in [-0.25, -0.2) is 4.79 Å². The standard InChI is InChI=1S/C18H27N3O2/c1-13(2)19-18(23)21-9-5-8-20(10-11-21)17(22)16-7-6-14(3)12-15(16)4/h6-7,12-13H,5,8-11H2,1-4H3,(H,19,23). The van der Waals surface area contributed by atoms with Crippen LogP contribution in [0.5, 0.6) is 0 Å². The lowest BCUT2D eigenvalue weighted by molar-refractivity contribution is 0.0761. The number of hydrogen-bond donors (Lipinski definition) is 1. The number of urea groups is 1. The first-order chi connectivity index (χ1) is 10.9. The summed E-state index contributed by atoms with van der Waals surface area (Å²) in [5.41, 5.74) is 2.93. The van der Waals surface area contributed by atoms with Crippen LogP contribution in [-0.2, 0) is 0 Å². The van der Waals surface area contributed by atoms with Crippen LogP contribution in [0.1, 0.15) is 41.8 Å². The van der Waals surface area contributed by atoms with Crippen molar-refractivity contribution in [3.63, 3.8) is 0 Å². The number of benzene rings is 1. The van der Waals surface area contributed by atoms with Crippen molar-refractivity contribution < 1.29 is 9.59 Å². The summed E-state index contributed by atoms with van der Waals surface area (Å²) in [6.45, 7) is 10.4. The Morgan fingerprint density at radius 3 is 2.35 bits per heavy atom. The molecule has 0 atom stereocenters. The summed E-state index contributed by atoms with van der Waals surface area (Å²) in [5, 5.41) is 2.91. The number of nitrogens with one attached hydrogen (secondary N) is 1. The van der Waals surface area contributed by atoms with E-state index in [1.54, 1.807) is 4.90 Å². The van der Waals surface area contributed by atoms with Crippen LogP contribution in [0.3, 0.4) is 0 Å². The molecule has 126 valence electrons. The topological polar surface area (TPSA) is 52.7 Å². The third-order valence-corrected chi connectivity index (χ3v) is 4.09. The molecule has 1 heterocycles. The van der Waals surface area contributed by atoms with Crippen LogP contribution in [0.25, 0.3) is 0 Å². The summed E-state index contributed by atoms with van der Waals surface area (Å²) in [6.07, 6.45) is 0.808. The Morgan fingerprint density at radius 1 is 1.04 bits per heavy atom. The van der Waals surface area contributed by atoms with E-state index < -0.39 is 0 Å². The van der Waals surface area contributed by atoms with Gasteiger partial charge in [-0.05, 0) is 45.7 Å². The number of rotatable bonds is 2. The van der Waals surface area contributed by atoms with Gasteiger partial charge in [0, 0.05) is 37.8 Å². The Labute approximate surface area is 138 Å². The molecule has 0 aromatic heterocycles. The highest BCUT2D eigenvalue weighted by Gasteiger charge is 2.23. The Balaban J connectivity index is 2.02. The van der Waals surface area contributed by atoms with Crippen molar-refractivity contribution in [2.24, 2.45) is 0 Å². The Hall–Kier alpha value is -2.04. The van der Waals surface area contributed by atoms with Crippen molar-refractivity contribution in [1.82, 2.24) is 15.1 Å². The molecule has 1 aromatic rings. The van der Waals surface area contributed by atoms with E-state index in [2.05, 4.69) is 5.32 Å². The highest BCUT2D eigenvalue weighted by molar-refractivity contribution is 5.95. The van der Waals surface area contributed by atoms with Crippen molar-refractivity contribution in [3.05, 3.63) is 34.9 Å². The molecule has 1 N–H and O–H groups in total. The summed E-state index contributed by atoms with van der Waals surface area (Å²) < 4.78 is 0. The minimum absolute atomic E-state index is 0.0409. The first kappa shape index (κ1) is 17.3. The molecule has 0 saturated carbocycles. The molecule has 0 unspecified atom stereocenters. The zero-order valence-electron chi connectivity index (χ0n) is 14.6. The van der Waals surface area contributed by atoms with Gasteiger partial charge < -0.3 is 15.1 Å². The lowest BCUT2D eigenvalue weighted by Crippen LogP contribution is -2.44. The van der Waals surface area contributed by atoms with Gasteiger partial charge in [0.2, 0.25) is 0 Å². The van der Waals surface area contributed by atoms with Crippen molar-refractivity contribution in [2.45, 2.75) is 40.2 Å². The Morgan fingerprint density at radius 2 is 1.70 bits per heavy atom. The van der Waals surface area contributed by atoms with Crippen molar-refractivity contribution in [3.8, 4) is 0 Å². The molecule has 1 aliphatic heterocycles. The van der Waals surface area contributed by atoms with Crippen LogP contribution in [0.4, 0.5) is 4.79 Å². The first-order valence-corrected chi connectivity index (χ1v) is 8.30. The zero-order valence-corrected chi connectivity index (χ0v) is 14.6. The van der Waals surface area contributed by atoms with Crippen LogP contribution >= 0.6 is 0 Å². The van der Waals surface area contributed by atoms with E-state index in [0.717, 1.165) is 23.1 Å². The summed E-state index contributed by atoms with van der Waals surface area (Å²) in [4.78, 5) is 28.5. The quantitative estimate of drug-likeness (QED) is 0.911. The number of carbonyl (C=O) groups excluding carboxylic acids is 2. The van der Waals surface area contributed by atoms with Crippen molar-refractivity contribution >= 4 is 11.9 Å². The Bertz CT molecular complexity index is 584. The van der Waals surface area contributed by atoms with E-state index >= 15 is 0 Å². The van der Waals surface area contributed by atoms with Crippen molar-refractivity contribution in [2.75, 3.05) is 26.2 Å². The van der Waals surface area contributed by atoms with Crippen LogP contribution in [0, 0.1) is 13.8 Å². The molecule has 5 heteroatoms. The van der Waals surface area contributed by atoms with Gasteiger partial charge in [-0.1, -0.05) is 17.7 Å². The second kappa shape index (κ2) is 7.49. The van der Waals surface area contributed by atoms with Gasteiger partial charge in [-0.3, -0.25) is 4.79 Å². The molecule has 5 nitrogen and oxygen atoms in total. The lowest BCUT2D eigenvalue weighted by Gasteiger charge is -2.24. The molecule has 1 saturated heterocycles. The molecule has 3 amide bonds. The molecule has 1 aromatic carbocycles. The minimum atomic E-state index is -0.0409. The van der Waals surface area contributed by atoms with Gasteiger partial charge in [-0.15, -0.1) is 0 Å². The highest BCUT2D eigenvalue weighted by Crippen LogP contribution is 2.15. The van der Waals surface area contributed by atoms with Gasteiger partial charge in [0.1, 0.15) is 0 Å². The number of nitrogens with zero attached hydrogens (tertiary/aromatic N) is 2. The van der Waals surface area contributed by atoms with Gasteiger partial charge in [0.25, 0.3) is 5.91 Å². The van der Waals surface area contributed by atoms with Gasteiger partial charge in [0.15, 0.2) is 0 Å². The molecule has 23 heavy (non-hydrogen) atoms. The predicted octanol–water partition coefficient (Wildman–Crippen LogP) is 2.57. The van der Waals surface area contributed by atoms with E-state index in [9.17, 15) is 9.59 Å². The third-order valence-electron chi connectivity index (χ3n) is 4.09. The van der Waals surface area contributed by atoms with E-state index in [1.165, 1.54) is 0 Å². The zero-order chi connectivity index (χ0) is 17.0. The fourth-order valence-corrected chi connectivity index (χ4v) is 2.89. The highest BCUT2D eigenvalue weighted by atomic mass is 16.2. The van der Waals surface area contributed by atoms with E-state index in [-0.39, 0.29) is 18.0 Å². The summed E-state index contributed by atoms with van der Waals surface area (Å²) in [6, 6.07) is 5.99. The largest absolute Gasteiger partial charge is 0.337 e. The molecule has 1 fully saturated rings. The second-order valence-corrected chi connectivity index (χ2v) is 6.56.